The first kappa shape index (κ1) is 18.7. The smallest absolute Gasteiger partial charge is 0.305 e. The van der Waals surface area contributed by atoms with Crippen LogP contribution in [0.25, 0.3) is 6.08 Å². The van der Waals surface area contributed by atoms with Gasteiger partial charge in [0, 0.05) is 6.54 Å². The second-order valence-electron chi connectivity index (χ2n) is 5.82. The summed E-state index contributed by atoms with van der Waals surface area (Å²) in [4.78, 5) is 36.0. The molecule has 0 bridgehead atoms. The first-order chi connectivity index (χ1) is 13.0. The molecule has 1 aliphatic heterocycles. The molecule has 1 fully saturated rings. The van der Waals surface area contributed by atoms with Crippen molar-refractivity contribution < 1.29 is 24.2 Å². The molecule has 2 aromatic rings. The fraction of sp³-hybridized carbons (Fsp3) is 0.150. The standard InChI is InChI=1S/C20H17NO5S/c22-18(23)10-11-21-19(24)17(27-20(21)25)12-14-6-8-16(9-7-14)26-13-15-4-2-1-3-5-15/h1-9,12H,10-11,13H2,(H,22,23)/b17-12+. The molecular weight excluding hydrogens is 366 g/mol. The van der Waals surface area contributed by atoms with Crippen LogP contribution in [0.2, 0.25) is 0 Å². The molecule has 6 nitrogen and oxygen atoms in total. The number of benzene rings is 2. The van der Waals surface area contributed by atoms with Gasteiger partial charge in [0.05, 0.1) is 11.3 Å². The molecule has 1 saturated heterocycles. The van der Waals surface area contributed by atoms with E-state index in [2.05, 4.69) is 0 Å². The van der Waals surface area contributed by atoms with Gasteiger partial charge in [0.1, 0.15) is 12.4 Å². The van der Waals surface area contributed by atoms with Gasteiger partial charge in [-0.2, -0.15) is 0 Å². The zero-order valence-corrected chi connectivity index (χ0v) is 15.1. The minimum Gasteiger partial charge on any atom is -0.489 e. The van der Waals surface area contributed by atoms with E-state index in [9.17, 15) is 14.4 Å². The summed E-state index contributed by atoms with van der Waals surface area (Å²) in [6, 6.07) is 17.0. The van der Waals surface area contributed by atoms with Gasteiger partial charge in [-0.3, -0.25) is 19.3 Å². The molecule has 3 rings (SSSR count). The maximum absolute atomic E-state index is 12.3. The zero-order chi connectivity index (χ0) is 19.2. The molecule has 0 atom stereocenters. The maximum Gasteiger partial charge on any atom is 0.305 e. The Hall–Kier alpha value is -3.06. The van der Waals surface area contributed by atoms with Gasteiger partial charge in [-0.1, -0.05) is 42.5 Å². The van der Waals surface area contributed by atoms with Crippen LogP contribution in [-0.2, 0) is 16.2 Å². The van der Waals surface area contributed by atoms with Crippen LogP contribution >= 0.6 is 11.8 Å². The minimum atomic E-state index is -1.05. The Morgan fingerprint density at radius 1 is 1.07 bits per heavy atom. The van der Waals surface area contributed by atoms with E-state index in [-0.39, 0.29) is 17.9 Å². The van der Waals surface area contributed by atoms with Gasteiger partial charge in [-0.25, -0.2) is 0 Å². The van der Waals surface area contributed by atoms with Crippen molar-refractivity contribution in [3.8, 4) is 5.75 Å². The van der Waals surface area contributed by atoms with E-state index < -0.39 is 17.1 Å². The molecule has 1 aliphatic rings. The average molecular weight is 383 g/mol. The zero-order valence-electron chi connectivity index (χ0n) is 14.3. The third-order valence-electron chi connectivity index (χ3n) is 3.85. The van der Waals surface area contributed by atoms with Crippen LogP contribution in [0.5, 0.6) is 5.75 Å². The Kier molecular flexibility index (Phi) is 5.93. The minimum absolute atomic E-state index is 0.121. The third-order valence-corrected chi connectivity index (χ3v) is 4.76. The summed E-state index contributed by atoms with van der Waals surface area (Å²) >= 11 is 0.814. The fourth-order valence-electron chi connectivity index (χ4n) is 2.45. The molecule has 0 radical (unpaired) electrons. The van der Waals surface area contributed by atoms with Crippen molar-refractivity contribution in [3.63, 3.8) is 0 Å². The predicted molar refractivity (Wildman–Crippen MR) is 102 cm³/mol. The fourth-order valence-corrected chi connectivity index (χ4v) is 3.32. The van der Waals surface area contributed by atoms with E-state index in [1.165, 1.54) is 0 Å². The molecular formula is C20H17NO5S. The Bertz CT molecular complexity index is 877. The quantitative estimate of drug-likeness (QED) is 0.733. The second kappa shape index (κ2) is 8.55. The third kappa shape index (κ3) is 4.98. The molecule has 1 N–H and O–H groups in total. The first-order valence-electron chi connectivity index (χ1n) is 8.27. The number of aliphatic carboxylic acids is 1. The van der Waals surface area contributed by atoms with Crippen LogP contribution in [0.4, 0.5) is 4.79 Å². The summed E-state index contributed by atoms with van der Waals surface area (Å²) in [7, 11) is 0. The highest BCUT2D eigenvalue weighted by atomic mass is 32.2. The molecule has 27 heavy (non-hydrogen) atoms. The van der Waals surface area contributed by atoms with Crippen LogP contribution < -0.4 is 4.74 Å². The van der Waals surface area contributed by atoms with Crippen LogP contribution in [0.15, 0.2) is 59.5 Å². The Morgan fingerprint density at radius 2 is 1.78 bits per heavy atom. The van der Waals surface area contributed by atoms with Gasteiger partial charge in [0.15, 0.2) is 0 Å². The lowest BCUT2D eigenvalue weighted by atomic mass is 10.2. The van der Waals surface area contributed by atoms with Crippen LogP contribution in [0.3, 0.4) is 0 Å². The Labute approximate surface area is 160 Å². The van der Waals surface area contributed by atoms with Crippen LogP contribution in [-0.4, -0.2) is 33.7 Å². The Morgan fingerprint density at radius 3 is 2.44 bits per heavy atom. The highest BCUT2D eigenvalue weighted by molar-refractivity contribution is 8.18. The number of rotatable bonds is 7. The van der Waals surface area contributed by atoms with Gasteiger partial charge in [-0.05, 0) is 41.1 Å². The van der Waals surface area contributed by atoms with Gasteiger partial charge in [0.25, 0.3) is 11.1 Å². The summed E-state index contributed by atoms with van der Waals surface area (Å²) in [5.74, 6) is -0.814. The van der Waals surface area contributed by atoms with E-state index >= 15 is 0 Å². The number of hydrogen-bond acceptors (Lipinski definition) is 5. The lowest BCUT2D eigenvalue weighted by Crippen LogP contribution is -2.30. The summed E-state index contributed by atoms with van der Waals surface area (Å²) < 4.78 is 5.72. The largest absolute Gasteiger partial charge is 0.489 e. The van der Waals surface area contributed by atoms with Crippen LogP contribution in [0.1, 0.15) is 17.5 Å². The van der Waals surface area contributed by atoms with Crippen molar-refractivity contribution in [1.82, 2.24) is 4.90 Å². The average Bonchev–Trinajstić information content (AvgIpc) is 2.93. The van der Waals surface area contributed by atoms with Crippen molar-refractivity contribution in [2.24, 2.45) is 0 Å². The van der Waals surface area contributed by atoms with Gasteiger partial charge < -0.3 is 9.84 Å². The van der Waals surface area contributed by atoms with E-state index in [0.717, 1.165) is 27.8 Å². The monoisotopic (exact) mass is 383 g/mol. The summed E-state index contributed by atoms with van der Waals surface area (Å²) in [6.45, 7) is 0.340. The number of amides is 2. The number of ether oxygens (including phenoxy) is 1. The summed E-state index contributed by atoms with van der Waals surface area (Å²) in [5.41, 5.74) is 1.82. The molecule has 7 heteroatoms. The molecule has 0 saturated carbocycles. The molecule has 0 aliphatic carbocycles. The number of carbonyl (C=O) groups excluding carboxylic acids is 2. The van der Waals surface area contributed by atoms with Crippen molar-refractivity contribution in [2.45, 2.75) is 13.0 Å². The number of hydrogen-bond donors (Lipinski definition) is 1. The molecule has 0 spiro atoms. The molecule has 0 aromatic heterocycles. The summed E-state index contributed by atoms with van der Waals surface area (Å²) in [6.07, 6.45) is 1.35. The maximum atomic E-state index is 12.3. The highest BCUT2D eigenvalue weighted by Crippen LogP contribution is 2.32. The second-order valence-corrected chi connectivity index (χ2v) is 6.81. The number of carboxylic acid groups (broad SMARTS) is 1. The van der Waals surface area contributed by atoms with Crippen LogP contribution in [0, 0.1) is 0 Å². The first-order valence-corrected chi connectivity index (χ1v) is 9.08. The predicted octanol–water partition coefficient (Wildman–Crippen LogP) is 3.78. The summed E-state index contributed by atoms with van der Waals surface area (Å²) in [5, 5.41) is 8.26. The highest BCUT2D eigenvalue weighted by Gasteiger charge is 2.34. The molecule has 138 valence electrons. The lowest BCUT2D eigenvalue weighted by Gasteiger charge is -2.09. The topological polar surface area (TPSA) is 83.9 Å². The van der Waals surface area contributed by atoms with Gasteiger partial charge in [0.2, 0.25) is 0 Å². The van der Waals surface area contributed by atoms with Gasteiger partial charge >= 0.3 is 5.97 Å². The van der Waals surface area contributed by atoms with Crippen molar-refractivity contribution in [1.29, 1.82) is 0 Å². The molecule has 1 heterocycles. The van der Waals surface area contributed by atoms with Gasteiger partial charge in [-0.15, -0.1) is 0 Å². The number of carboxylic acids is 1. The van der Waals surface area contributed by atoms with E-state index in [1.54, 1.807) is 30.3 Å². The number of nitrogens with zero attached hydrogens (tertiary/aromatic N) is 1. The van der Waals surface area contributed by atoms with E-state index in [4.69, 9.17) is 9.84 Å². The van der Waals surface area contributed by atoms with Crippen molar-refractivity contribution in [2.75, 3.05) is 6.54 Å². The Balaban J connectivity index is 1.62. The van der Waals surface area contributed by atoms with E-state index in [1.807, 2.05) is 30.3 Å². The molecule has 2 aromatic carbocycles. The normalized spacial score (nSPS) is 15.4. The number of carbonyl (C=O) groups is 3. The lowest BCUT2D eigenvalue weighted by molar-refractivity contribution is -0.137. The number of imide groups is 1. The van der Waals surface area contributed by atoms with E-state index in [0.29, 0.717) is 12.4 Å². The van der Waals surface area contributed by atoms with Crippen molar-refractivity contribution in [3.05, 3.63) is 70.6 Å². The molecule has 0 unspecified atom stereocenters. The molecule has 2 amide bonds. The van der Waals surface area contributed by atoms with Crippen molar-refractivity contribution >= 4 is 35.0 Å². The number of thioether (sulfide) groups is 1. The SMILES string of the molecule is O=C(O)CCN1C(=O)S/C(=C/c2ccc(OCc3ccccc3)cc2)C1=O.